The summed E-state index contributed by atoms with van der Waals surface area (Å²) in [4.78, 5) is 0. The van der Waals surface area contributed by atoms with E-state index < -0.39 is 0 Å². The van der Waals surface area contributed by atoms with Crippen molar-refractivity contribution in [2.24, 2.45) is 11.8 Å². The summed E-state index contributed by atoms with van der Waals surface area (Å²) in [5.74, 6) is 1.23. The molecule has 2 aliphatic rings. The molecule has 0 amide bonds. The second-order valence-electron chi connectivity index (χ2n) is 5.20. The molecule has 0 spiro atoms. The van der Waals surface area contributed by atoms with Crippen molar-refractivity contribution in [1.29, 1.82) is 0 Å². The smallest absolute Gasteiger partial charge is 0.157 e. The molecule has 94 valence electrons. The fraction of sp³-hybridized carbons (Fsp3) is 1.00. The van der Waals surface area contributed by atoms with Gasteiger partial charge in [-0.2, -0.15) is 0 Å². The summed E-state index contributed by atoms with van der Waals surface area (Å²) in [6.45, 7) is 2.07. The van der Waals surface area contributed by atoms with E-state index >= 15 is 0 Å². The molecule has 3 nitrogen and oxygen atoms in total. The lowest BCUT2D eigenvalue weighted by Gasteiger charge is -2.29. The molecule has 1 aliphatic carbocycles. The third-order valence-electron chi connectivity index (χ3n) is 3.88. The largest absolute Gasteiger partial charge is 0.396 e. The van der Waals surface area contributed by atoms with E-state index in [2.05, 4.69) is 0 Å². The summed E-state index contributed by atoms with van der Waals surface area (Å²) in [7, 11) is 0. The van der Waals surface area contributed by atoms with E-state index in [1.165, 1.54) is 25.7 Å². The van der Waals surface area contributed by atoms with Gasteiger partial charge in [-0.25, -0.2) is 0 Å². The Kier molecular flexibility index (Phi) is 5.07. The van der Waals surface area contributed by atoms with Crippen molar-refractivity contribution < 1.29 is 14.6 Å². The Balaban J connectivity index is 1.59. The van der Waals surface area contributed by atoms with E-state index in [-0.39, 0.29) is 6.29 Å². The van der Waals surface area contributed by atoms with Crippen molar-refractivity contribution in [2.45, 2.75) is 51.2 Å². The first kappa shape index (κ1) is 12.3. The molecule has 0 aromatic heterocycles. The normalized spacial score (nSPS) is 36.2. The van der Waals surface area contributed by atoms with Crippen LogP contribution in [0, 0.1) is 11.8 Å². The molecule has 0 aromatic carbocycles. The van der Waals surface area contributed by atoms with Gasteiger partial charge >= 0.3 is 0 Å². The quantitative estimate of drug-likeness (QED) is 0.802. The third-order valence-corrected chi connectivity index (χ3v) is 3.88. The number of aliphatic hydroxyl groups excluding tert-OH is 1. The Bertz CT molecular complexity index is 182. The second-order valence-corrected chi connectivity index (χ2v) is 5.20. The molecule has 0 bridgehead atoms. The first-order valence-electron chi connectivity index (χ1n) is 6.72. The number of aliphatic hydroxyl groups is 1. The van der Waals surface area contributed by atoms with Gasteiger partial charge in [-0.05, 0) is 56.8 Å². The van der Waals surface area contributed by atoms with Gasteiger partial charge in [-0.1, -0.05) is 0 Å². The van der Waals surface area contributed by atoms with Gasteiger partial charge in [-0.15, -0.1) is 0 Å². The van der Waals surface area contributed by atoms with Gasteiger partial charge in [0.15, 0.2) is 6.29 Å². The maximum atomic E-state index is 9.06. The molecule has 1 atom stereocenters. The van der Waals surface area contributed by atoms with Gasteiger partial charge in [0.05, 0.1) is 6.61 Å². The average Bonchev–Trinajstić information content (AvgIpc) is 2.38. The predicted octanol–water partition coefficient (Wildman–Crippen LogP) is 2.33. The summed E-state index contributed by atoms with van der Waals surface area (Å²) in [6.07, 6.45) is 8.28. The Morgan fingerprint density at radius 3 is 2.38 bits per heavy atom. The Morgan fingerprint density at radius 1 is 1.00 bits per heavy atom. The Morgan fingerprint density at radius 2 is 1.75 bits per heavy atom. The highest BCUT2D eigenvalue weighted by Crippen LogP contribution is 2.29. The molecule has 3 heteroatoms. The molecule has 1 saturated heterocycles. The van der Waals surface area contributed by atoms with Crippen molar-refractivity contribution in [3.8, 4) is 0 Å². The topological polar surface area (TPSA) is 38.7 Å². The molecule has 0 radical (unpaired) electrons. The summed E-state index contributed by atoms with van der Waals surface area (Å²) in [5, 5.41) is 9.06. The molecule has 1 saturated carbocycles. The lowest BCUT2D eigenvalue weighted by molar-refractivity contribution is -0.170. The number of hydrogen-bond donors (Lipinski definition) is 1. The molecular weight excluding hydrogens is 204 g/mol. The van der Waals surface area contributed by atoms with Crippen LogP contribution in [0.4, 0.5) is 0 Å². The van der Waals surface area contributed by atoms with Crippen molar-refractivity contribution in [3.63, 3.8) is 0 Å². The van der Waals surface area contributed by atoms with Crippen LogP contribution < -0.4 is 0 Å². The summed E-state index contributed by atoms with van der Waals surface area (Å²) in [6, 6.07) is 0. The highest BCUT2D eigenvalue weighted by molar-refractivity contribution is 4.72. The minimum absolute atomic E-state index is 0.0596. The molecule has 16 heavy (non-hydrogen) atoms. The molecule has 0 aromatic rings. The summed E-state index contributed by atoms with van der Waals surface area (Å²) < 4.78 is 11.4. The summed E-state index contributed by atoms with van der Waals surface area (Å²) in [5.41, 5.74) is 0. The minimum atomic E-state index is 0.0596. The average molecular weight is 228 g/mol. The van der Waals surface area contributed by atoms with Gasteiger partial charge in [0, 0.05) is 13.2 Å². The fourth-order valence-electron chi connectivity index (χ4n) is 2.67. The van der Waals surface area contributed by atoms with E-state index in [1.807, 2.05) is 0 Å². The van der Waals surface area contributed by atoms with Gasteiger partial charge in [0.25, 0.3) is 0 Å². The fourth-order valence-corrected chi connectivity index (χ4v) is 2.67. The maximum absolute atomic E-state index is 9.06. The zero-order valence-corrected chi connectivity index (χ0v) is 10.1. The molecule has 1 aliphatic heterocycles. The van der Waals surface area contributed by atoms with Crippen LogP contribution in [0.1, 0.15) is 44.9 Å². The highest BCUT2D eigenvalue weighted by atomic mass is 16.7. The van der Waals surface area contributed by atoms with Crippen LogP contribution in [0.25, 0.3) is 0 Å². The maximum Gasteiger partial charge on any atom is 0.157 e. The molecular formula is C13H24O3. The first-order valence-corrected chi connectivity index (χ1v) is 6.72. The van der Waals surface area contributed by atoms with Crippen LogP contribution in [-0.4, -0.2) is 31.2 Å². The van der Waals surface area contributed by atoms with Crippen molar-refractivity contribution in [2.75, 3.05) is 19.8 Å². The molecule has 1 N–H and O–H groups in total. The van der Waals surface area contributed by atoms with E-state index in [4.69, 9.17) is 14.6 Å². The minimum Gasteiger partial charge on any atom is -0.396 e. The number of hydrogen-bond acceptors (Lipinski definition) is 3. The van der Waals surface area contributed by atoms with E-state index in [0.717, 1.165) is 32.5 Å². The summed E-state index contributed by atoms with van der Waals surface area (Å²) >= 11 is 0. The van der Waals surface area contributed by atoms with Crippen LogP contribution >= 0.6 is 0 Å². The lowest BCUT2D eigenvalue weighted by Crippen LogP contribution is -2.27. The number of ether oxygens (including phenoxy) is 2. The van der Waals surface area contributed by atoms with Crippen molar-refractivity contribution in [3.05, 3.63) is 0 Å². The van der Waals surface area contributed by atoms with Crippen molar-refractivity contribution >= 4 is 0 Å². The van der Waals surface area contributed by atoms with E-state index in [1.54, 1.807) is 0 Å². The lowest BCUT2D eigenvalue weighted by atomic mass is 9.83. The monoisotopic (exact) mass is 228 g/mol. The Labute approximate surface area is 98.1 Å². The highest BCUT2D eigenvalue weighted by Gasteiger charge is 2.22. The third kappa shape index (κ3) is 3.72. The van der Waals surface area contributed by atoms with E-state index in [0.29, 0.717) is 18.4 Å². The first-order chi connectivity index (χ1) is 7.88. The van der Waals surface area contributed by atoms with Crippen LogP contribution in [-0.2, 0) is 9.47 Å². The van der Waals surface area contributed by atoms with Gasteiger partial charge < -0.3 is 14.6 Å². The molecule has 1 heterocycles. The molecule has 1 unspecified atom stereocenters. The van der Waals surface area contributed by atoms with Gasteiger partial charge in [-0.3, -0.25) is 0 Å². The SMILES string of the molecule is OC[C@H]1CC[C@H](COC2CCCCO2)CC1. The zero-order chi connectivity index (χ0) is 11.2. The molecule has 2 fully saturated rings. The standard InChI is InChI=1S/C13H24O3/c14-9-11-4-6-12(7-5-11)10-16-13-3-1-2-8-15-13/h11-14H,1-10H2/t11-,12-,13?. The zero-order valence-electron chi connectivity index (χ0n) is 10.1. The van der Waals surface area contributed by atoms with Crippen LogP contribution in [0.2, 0.25) is 0 Å². The van der Waals surface area contributed by atoms with Crippen LogP contribution in [0.3, 0.4) is 0 Å². The van der Waals surface area contributed by atoms with Gasteiger partial charge in [0.2, 0.25) is 0 Å². The van der Waals surface area contributed by atoms with E-state index in [9.17, 15) is 0 Å². The van der Waals surface area contributed by atoms with Crippen LogP contribution in [0.5, 0.6) is 0 Å². The van der Waals surface area contributed by atoms with Crippen molar-refractivity contribution in [1.82, 2.24) is 0 Å². The number of rotatable bonds is 4. The second kappa shape index (κ2) is 6.58. The predicted molar refractivity (Wildman–Crippen MR) is 62.1 cm³/mol. The molecule has 2 rings (SSSR count). The van der Waals surface area contributed by atoms with Crippen LogP contribution in [0.15, 0.2) is 0 Å². The Hall–Kier alpha value is -0.120. The van der Waals surface area contributed by atoms with Gasteiger partial charge in [0.1, 0.15) is 0 Å².